The minimum absolute atomic E-state index is 0.0369. The first-order valence-electron chi connectivity index (χ1n) is 14.1. The van der Waals surface area contributed by atoms with Gasteiger partial charge in [-0.3, -0.25) is 9.69 Å². The third kappa shape index (κ3) is 6.34. The Kier molecular flexibility index (Phi) is 8.93. The Morgan fingerprint density at radius 3 is 2.57 bits per heavy atom. The van der Waals surface area contributed by atoms with Crippen LogP contribution in [0.1, 0.15) is 41.8 Å². The molecular weight excluding hydrogens is 544 g/mol. The molecule has 222 valence electrons. The van der Waals surface area contributed by atoms with Crippen molar-refractivity contribution >= 4 is 29.4 Å². The molecule has 2 aliphatic heterocycles. The highest BCUT2D eigenvalue weighted by Crippen LogP contribution is 2.39. The molecule has 2 aromatic carbocycles. The van der Waals surface area contributed by atoms with Gasteiger partial charge in [0, 0.05) is 42.4 Å². The molecule has 3 aromatic rings. The van der Waals surface area contributed by atoms with Crippen molar-refractivity contribution in [2.24, 2.45) is 0 Å². The first-order valence-corrected chi connectivity index (χ1v) is 14.1. The minimum Gasteiger partial charge on any atom is -0.379 e. The highest BCUT2D eigenvalue weighted by atomic mass is 19.1. The second-order valence-corrected chi connectivity index (χ2v) is 10.7. The fourth-order valence-electron chi connectivity index (χ4n) is 5.06. The molecule has 3 N–H and O–H groups in total. The molecule has 12 heteroatoms. The number of nitrogens with zero attached hydrogens (tertiary/aromatic N) is 4. The number of carbonyl (C=O) groups is 2. The predicted molar refractivity (Wildman–Crippen MR) is 156 cm³/mol. The number of amides is 3. The van der Waals surface area contributed by atoms with Crippen molar-refractivity contribution in [2.75, 3.05) is 49.6 Å². The van der Waals surface area contributed by atoms with Gasteiger partial charge < -0.3 is 20.7 Å². The highest BCUT2D eigenvalue weighted by molar-refractivity contribution is 6.02. The van der Waals surface area contributed by atoms with Gasteiger partial charge in [0.15, 0.2) is 5.82 Å². The lowest BCUT2D eigenvalue weighted by Gasteiger charge is -2.31. The monoisotopic (exact) mass is 579 g/mol. The minimum atomic E-state index is -0.901. The van der Waals surface area contributed by atoms with Crippen LogP contribution < -0.4 is 20.9 Å². The van der Waals surface area contributed by atoms with Gasteiger partial charge in [0.1, 0.15) is 17.3 Å². The lowest BCUT2D eigenvalue weighted by Crippen LogP contribution is -2.43. The predicted octanol–water partition coefficient (Wildman–Crippen LogP) is 4.36. The zero-order valence-corrected chi connectivity index (χ0v) is 24.0. The summed E-state index contributed by atoms with van der Waals surface area (Å²) in [5.41, 5.74) is 2.31. The second-order valence-electron chi connectivity index (χ2n) is 10.7. The first-order chi connectivity index (χ1) is 20.2. The fourth-order valence-corrected chi connectivity index (χ4v) is 5.06. The van der Waals surface area contributed by atoms with E-state index in [1.807, 2.05) is 26.8 Å². The van der Waals surface area contributed by atoms with E-state index in [1.54, 1.807) is 12.1 Å². The summed E-state index contributed by atoms with van der Waals surface area (Å²) in [6, 6.07) is 7.95. The number of nitrogens with one attached hydrogen (secondary N) is 3. The van der Waals surface area contributed by atoms with Crippen LogP contribution in [0.5, 0.6) is 0 Å². The van der Waals surface area contributed by atoms with Crippen LogP contribution in [0.25, 0.3) is 11.3 Å². The van der Waals surface area contributed by atoms with Crippen molar-refractivity contribution in [3.63, 3.8) is 0 Å². The van der Waals surface area contributed by atoms with Crippen LogP contribution in [0.2, 0.25) is 0 Å². The van der Waals surface area contributed by atoms with Crippen LogP contribution >= 0.6 is 0 Å². The zero-order valence-electron chi connectivity index (χ0n) is 24.0. The molecule has 3 amide bonds. The molecule has 0 spiro atoms. The van der Waals surface area contributed by atoms with E-state index in [4.69, 9.17) is 9.72 Å². The summed E-state index contributed by atoms with van der Waals surface area (Å²) >= 11 is 0. The van der Waals surface area contributed by atoms with E-state index in [0.717, 1.165) is 48.7 Å². The second kappa shape index (κ2) is 12.8. The fraction of sp³-hybridized carbons (Fsp3) is 0.400. The van der Waals surface area contributed by atoms with Gasteiger partial charge in [0.05, 0.1) is 25.5 Å². The Morgan fingerprint density at radius 2 is 1.86 bits per heavy atom. The molecule has 1 saturated heterocycles. The largest absolute Gasteiger partial charge is 0.379 e. The van der Waals surface area contributed by atoms with E-state index >= 15 is 0 Å². The summed E-state index contributed by atoms with van der Waals surface area (Å²) in [5.74, 6) is -1.76. The molecule has 0 saturated carbocycles. The molecule has 5 rings (SSSR count). The molecule has 3 heterocycles. The SMILES string of the molecule is Cc1ccc(C(=O)NC(C)C)cc1-c1nc(NCCCN2CCOCC2)nc2c1CNC(=O)N2c1c(F)cccc1F. The Morgan fingerprint density at radius 1 is 1.12 bits per heavy atom. The van der Waals surface area contributed by atoms with Crippen molar-refractivity contribution in [1.82, 2.24) is 25.5 Å². The number of hydrogen-bond donors (Lipinski definition) is 3. The third-order valence-electron chi connectivity index (χ3n) is 7.19. The number of aryl methyl sites for hydroxylation is 1. The Balaban J connectivity index is 1.57. The topological polar surface area (TPSA) is 112 Å². The van der Waals surface area contributed by atoms with Gasteiger partial charge in [-0.05, 0) is 63.6 Å². The zero-order chi connectivity index (χ0) is 29.8. The van der Waals surface area contributed by atoms with E-state index in [1.165, 1.54) is 6.07 Å². The molecule has 0 radical (unpaired) electrons. The van der Waals surface area contributed by atoms with Gasteiger partial charge in [0.2, 0.25) is 5.95 Å². The maximum Gasteiger partial charge on any atom is 0.328 e. The molecule has 10 nitrogen and oxygen atoms in total. The van der Waals surface area contributed by atoms with Gasteiger partial charge in [-0.2, -0.15) is 4.98 Å². The van der Waals surface area contributed by atoms with E-state index in [9.17, 15) is 18.4 Å². The van der Waals surface area contributed by atoms with Crippen LogP contribution in [-0.2, 0) is 11.3 Å². The summed E-state index contributed by atoms with van der Waals surface area (Å²) in [6.45, 7) is 10.2. The van der Waals surface area contributed by atoms with Crippen LogP contribution in [0, 0.1) is 18.6 Å². The Bertz CT molecular complexity index is 1460. The van der Waals surface area contributed by atoms with Gasteiger partial charge in [-0.25, -0.2) is 23.5 Å². The smallest absolute Gasteiger partial charge is 0.328 e. The summed E-state index contributed by atoms with van der Waals surface area (Å²) in [5, 5.41) is 8.83. The molecule has 1 aromatic heterocycles. The molecular formula is C30H35F2N7O3. The number of para-hydroxylation sites is 1. The van der Waals surface area contributed by atoms with Crippen molar-refractivity contribution < 1.29 is 23.1 Å². The highest BCUT2D eigenvalue weighted by Gasteiger charge is 2.34. The number of rotatable bonds is 9. The van der Waals surface area contributed by atoms with Crippen LogP contribution in [-0.4, -0.2) is 72.2 Å². The lowest BCUT2D eigenvalue weighted by molar-refractivity contribution is 0.0378. The average Bonchev–Trinajstić information content (AvgIpc) is 2.96. The van der Waals surface area contributed by atoms with E-state index in [0.29, 0.717) is 42.1 Å². The van der Waals surface area contributed by atoms with Gasteiger partial charge in [-0.1, -0.05) is 12.1 Å². The van der Waals surface area contributed by atoms with E-state index in [2.05, 4.69) is 25.8 Å². The van der Waals surface area contributed by atoms with E-state index in [-0.39, 0.29) is 30.3 Å². The number of carbonyl (C=O) groups excluding carboxylic acids is 2. The maximum atomic E-state index is 15.0. The summed E-state index contributed by atoms with van der Waals surface area (Å²) in [7, 11) is 0. The van der Waals surface area contributed by atoms with Gasteiger partial charge in [-0.15, -0.1) is 0 Å². The quantitative estimate of drug-likeness (QED) is 0.323. The first kappa shape index (κ1) is 29.3. The number of halogens is 2. The van der Waals surface area contributed by atoms with E-state index < -0.39 is 23.4 Å². The summed E-state index contributed by atoms with van der Waals surface area (Å²) < 4.78 is 35.4. The average molecular weight is 580 g/mol. The number of hydrogen-bond acceptors (Lipinski definition) is 7. The molecule has 2 aliphatic rings. The number of morpholine rings is 1. The van der Waals surface area contributed by atoms with Crippen molar-refractivity contribution in [1.29, 1.82) is 0 Å². The third-order valence-corrected chi connectivity index (χ3v) is 7.19. The maximum absolute atomic E-state index is 15.0. The molecule has 0 aliphatic carbocycles. The van der Waals surface area contributed by atoms with Crippen LogP contribution in [0.4, 0.5) is 31.0 Å². The number of anilines is 3. The molecule has 0 atom stereocenters. The molecule has 42 heavy (non-hydrogen) atoms. The van der Waals surface area contributed by atoms with Crippen LogP contribution in [0.15, 0.2) is 36.4 Å². The standard InChI is InChI=1S/C30H35F2N7O3/c1-18(2)35-28(40)20-9-8-19(3)21(16-20)25-22-17-34-30(41)39(26-23(31)6-4-7-24(26)32)27(22)37-29(36-25)33-10-5-11-38-12-14-42-15-13-38/h4,6-9,16,18H,5,10-15,17H2,1-3H3,(H,34,41)(H,35,40)(H,33,36,37). The number of fused-ring (bicyclic) bond motifs is 1. The number of benzene rings is 2. The molecule has 1 fully saturated rings. The number of ether oxygens (including phenoxy) is 1. The van der Waals surface area contributed by atoms with Crippen molar-refractivity contribution in [2.45, 2.75) is 39.8 Å². The Labute approximate surface area is 243 Å². The lowest BCUT2D eigenvalue weighted by atomic mass is 9.97. The molecule has 0 bridgehead atoms. The summed E-state index contributed by atoms with van der Waals surface area (Å²) in [6.07, 6.45) is 0.797. The Hall–Kier alpha value is -4.16. The normalized spacial score (nSPS) is 15.4. The number of aromatic nitrogens is 2. The van der Waals surface area contributed by atoms with Crippen molar-refractivity contribution in [3.05, 3.63) is 64.7 Å². The van der Waals surface area contributed by atoms with Gasteiger partial charge in [0.25, 0.3) is 5.91 Å². The van der Waals surface area contributed by atoms with Crippen molar-refractivity contribution in [3.8, 4) is 11.3 Å². The molecule has 0 unspecified atom stereocenters. The van der Waals surface area contributed by atoms with Gasteiger partial charge >= 0.3 is 6.03 Å². The summed E-state index contributed by atoms with van der Waals surface area (Å²) in [4.78, 5) is 38.6. The number of urea groups is 1. The van der Waals surface area contributed by atoms with Crippen LogP contribution in [0.3, 0.4) is 0 Å².